The van der Waals surface area contributed by atoms with E-state index in [2.05, 4.69) is 32.0 Å². The molecule has 0 bridgehead atoms. The lowest BCUT2D eigenvalue weighted by atomic mass is 9.70. The van der Waals surface area contributed by atoms with Crippen LogP contribution in [0.2, 0.25) is 0 Å². The number of aliphatic carboxylic acids is 1. The number of aliphatic hydroxyl groups is 1. The quantitative estimate of drug-likeness (QED) is 0.356. The predicted molar refractivity (Wildman–Crippen MR) is 155 cm³/mol. The Morgan fingerprint density at radius 3 is 1.82 bits per heavy atom. The Morgan fingerprint density at radius 1 is 0.895 bits per heavy atom. The third kappa shape index (κ3) is 7.37. The summed E-state index contributed by atoms with van der Waals surface area (Å²) in [6, 6.07) is 12.1. The molecule has 2 aromatic carbocycles. The first kappa shape index (κ1) is 33.2. The number of carboxylic acid groups (broad SMARTS) is 1. The third-order valence-electron chi connectivity index (χ3n) is 7.79. The highest BCUT2D eigenvalue weighted by Gasteiger charge is 2.36. The van der Waals surface area contributed by atoms with Crippen molar-refractivity contribution >= 4 is 11.9 Å². The number of ether oxygens (including phenoxy) is 1. The van der Waals surface area contributed by atoms with Gasteiger partial charge in [0.05, 0.1) is 0 Å². The van der Waals surface area contributed by atoms with Crippen LogP contribution in [0.25, 0.3) is 0 Å². The molecule has 6 nitrogen and oxygen atoms in total. The molecule has 38 heavy (non-hydrogen) atoms. The number of carboxylic acids is 1. The fourth-order valence-electron chi connectivity index (χ4n) is 4.46. The average Bonchev–Trinajstić information content (AvgIpc) is 2.84. The van der Waals surface area contributed by atoms with E-state index in [4.69, 9.17) is 9.84 Å². The summed E-state index contributed by atoms with van der Waals surface area (Å²) in [6.45, 7) is 19.9. The van der Waals surface area contributed by atoms with Gasteiger partial charge >= 0.3 is 5.97 Å². The molecule has 212 valence electrons. The van der Waals surface area contributed by atoms with Crippen LogP contribution >= 0.6 is 0 Å². The van der Waals surface area contributed by atoms with Crippen LogP contribution in [0.4, 0.5) is 0 Å². The van der Waals surface area contributed by atoms with Crippen molar-refractivity contribution in [3.8, 4) is 5.75 Å². The summed E-state index contributed by atoms with van der Waals surface area (Å²) in [5.41, 5.74) is 3.09. The number of hydrogen-bond acceptors (Lipinski definition) is 4. The Kier molecular flexibility index (Phi) is 11.6. The molecule has 0 aromatic heterocycles. The van der Waals surface area contributed by atoms with Crippen molar-refractivity contribution in [2.45, 2.75) is 93.1 Å². The van der Waals surface area contributed by atoms with Gasteiger partial charge in [0.25, 0.3) is 5.91 Å². The van der Waals surface area contributed by atoms with Crippen molar-refractivity contribution in [3.05, 3.63) is 64.2 Å². The number of amides is 1. The third-order valence-corrected chi connectivity index (χ3v) is 7.79. The van der Waals surface area contributed by atoms with Gasteiger partial charge in [0.2, 0.25) is 0 Å². The maximum atomic E-state index is 12.8. The van der Waals surface area contributed by atoms with Crippen molar-refractivity contribution in [2.75, 3.05) is 20.2 Å². The smallest absolute Gasteiger partial charge is 0.323 e. The Morgan fingerprint density at radius 2 is 1.39 bits per heavy atom. The van der Waals surface area contributed by atoms with Crippen LogP contribution in [0.3, 0.4) is 0 Å². The molecule has 6 heteroatoms. The largest absolute Gasteiger partial charge is 0.490 e. The molecule has 2 aromatic rings. The number of nitrogens with zero attached hydrogens (tertiary/aromatic N) is 1. The van der Waals surface area contributed by atoms with Crippen molar-refractivity contribution in [1.29, 1.82) is 0 Å². The number of carbonyl (C=O) groups is 2. The standard InChI is InChI=1S/C30H43NO5.C2H6/c1-10-30(11-2,22-12-14-24(20(3)16-22)27(34)31(9)18-26(32)33)23-13-15-25(21(4)17-23)36-19-29(8,35)28(5,6)7;1-2/h12-17,35H,10-11,18-19H2,1-9H3,(H,32,33);1-2H3. The van der Waals surface area contributed by atoms with Gasteiger partial charge in [0, 0.05) is 18.0 Å². The molecule has 0 fully saturated rings. The van der Waals surface area contributed by atoms with E-state index < -0.39 is 11.6 Å². The Hall–Kier alpha value is -2.86. The van der Waals surface area contributed by atoms with E-state index in [1.165, 1.54) is 17.5 Å². The average molecular weight is 528 g/mol. The van der Waals surface area contributed by atoms with E-state index in [0.29, 0.717) is 5.56 Å². The molecule has 0 aliphatic carbocycles. The fourth-order valence-corrected chi connectivity index (χ4v) is 4.46. The fraction of sp³-hybridized carbons (Fsp3) is 0.562. The van der Waals surface area contributed by atoms with Gasteiger partial charge in [-0.15, -0.1) is 0 Å². The van der Waals surface area contributed by atoms with Crippen LogP contribution in [0.1, 0.15) is 101 Å². The van der Waals surface area contributed by atoms with E-state index in [9.17, 15) is 14.7 Å². The number of likely N-dealkylation sites (N-methyl/N-ethyl adjacent to an activating group) is 1. The van der Waals surface area contributed by atoms with E-state index >= 15 is 0 Å². The van der Waals surface area contributed by atoms with E-state index in [0.717, 1.165) is 35.3 Å². The lowest BCUT2D eigenvalue weighted by Crippen LogP contribution is -2.45. The van der Waals surface area contributed by atoms with Gasteiger partial charge in [0.15, 0.2) is 0 Å². The molecule has 0 spiro atoms. The zero-order valence-electron chi connectivity index (χ0n) is 25.4. The molecular weight excluding hydrogens is 478 g/mol. The first-order chi connectivity index (χ1) is 17.6. The maximum Gasteiger partial charge on any atom is 0.323 e. The summed E-state index contributed by atoms with van der Waals surface area (Å²) in [4.78, 5) is 25.0. The molecule has 2 rings (SSSR count). The van der Waals surface area contributed by atoms with Gasteiger partial charge in [-0.25, -0.2) is 0 Å². The minimum Gasteiger partial charge on any atom is -0.490 e. The summed E-state index contributed by atoms with van der Waals surface area (Å²) >= 11 is 0. The molecule has 0 aliphatic heterocycles. The molecule has 0 aliphatic rings. The Bertz CT molecular complexity index is 1090. The van der Waals surface area contributed by atoms with Crippen LogP contribution in [0.15, 0.2) is 36.4 Å². The summed E-state index contributed by atoms with van der Waals surface area (Å²) in [7, 11) is 1.50. The van der Waals surface area contributed by atoms with Gasteiger partial charge < -0.3 is 19.8 Å². The van der Waals surface area contributed by atoms with E-state index in [1.54, 1.807) is 6.92 Å². The SMILES string of the molecule is CC.CCC(CC)(c1ccc(OCC(C)(O)C(C)(C)C)c(C)c1)c1ccc(C(=O)N(C)CC(=O)O)c(C)c1. The second-order valence-corrected chi connectivity index (χ2v) is 11.2. The second kappa shape index (κ2) is 13.3. The predicted octanol–water partition coefficient (Wildman–Crippen LogP) is 6.77. The van der Waals surface area contributed by atoms with Gasteiger partial charge in [0.1, 0.15) is 24.5 Å². The highest BCUT2D eigenvalue weighted by atomic mass is 16.5. The van der Waals surface area contributed by atoms with Crippen LogP contribution in [0, 0.1) is 19.3 Å². The first-order valence-corrected chi connectivity index (χ1v) is 13.6. The van der Waals surface area contributed by atoms with Crippen LogP contribution in [-0.4, -0.2) is 52.8 Å². The number of rotatable bonds is 10. The zero-order valence-corrected chi connectivity index (χ0v) is 25.4. The molecule has 1 atom stereocenters. The lowest BCUT2D eigenvalue weighted by molar-refractivity contribution is -0.137. The number of benzene rings is 2. The highest BCUT2D eigenvalue weighted by molar-refractivity contribution is 5.97. The van der Waals surface area contributed by atoms with Crippen LogP contribution < -0.4 is 4.74 Å². The van der Waals surface area contributed by atoms with Crippen molar-refractivity contribution in [1.82, 2.24) is 4.90 Å². The van der Waals surface area contributed by atoms with Crippen LogP contribution in [0.5, 0.6) is 5.75 Å². The van der Waals surface area contributed by atoms with E-state index in [-0.39, 0.29) is 29.9 Å². The van der Waals surface area contributed by atoms with Crippen molar-refractivity contribution < 1.29 is 24.5 Å². The van der Waals surface area contributed by atoms with Gasteiger partial charge in [-0.2, -0.15) is 0 Å². The van der Waals surface area contributed by atoms with Crippen molar-refractivity contribution in [2.24, 2.45) is 5.41 Å². The minimum atomic E-state index is -1.04. The monoisotopic (exact) mass is 527 g/mol. The van der Waals surface area contributed by atoms with Gasteiger partial charge in [-0.1, -0.05) is 72.7 Å². The van der Waals surface area contributed by atoms with Gasteiger partial charge in [-0.05, 0) is 73.4 Å². The normalized spacial score (nSPS) is 13.2. The summed E-state index contributed by atoms with van der Waals surface area (Å²) in [6.07, 6.45) is 1.74. The molecular formula is C32H49NO5. The Labute approximate surface area is 230 Å². The highest BCUT2D eigenvalue weighted by Crippen LogP contribution is 2.41. The summed E-state index contributed by atoms with van der Waals surface area (Å²) < 4.78 is 6.05. The molecule has 1 amide bonds. The van der Waals surface area contributed by atoms with Crippen LogP contribution in [-0.2, 0) is 10.2 Å². The zero-order chi connectivity index (χ0) is 29.5. The number of aryl methyl sites for hydroxylation is 2. The first-order valence-electron chi connectivity index (χ1n) is 13.6. The molecule has 0 radical (unpaired) electrons. The minimum absolute atomic E-state index is 0.203. The maximum absolute atomic E-state index is 12.8. The number of carbonyl (C=O) groups excluding carboxylic acids is 1. The van der Waals surface area contributed by atoms with Crippen molar-refractivity contribution in [3.63, 3.8) is 0 Å². The summed E-state index contributed by atoms with van der Waals surface area (Å²) in [5.74, 6) is -0.590. The topological polar surface area (TPSA) is 87.1 Å². The lowest BCUT2D eigenvalue weighted by Gasteiger charge is -2.37. The number of hydrogen-bond donors (Lipinski definition) is 2. The second-order valence-electron chi connectivity index (χ2n) is 11.2. The molecule has 0 heterocycles. The Balaban J connectivity index is 0.00000352. The summed E-state index contributed by atoms with van der Waals surface area (Å²) in [5, 5.41) is 19.8. The molecule has 0 saturated carbocycles. The molecule has 1 unspecified atom stereocenters. The van der Waals surface area contributed by atoms with E-state index in [1.807, 2.05) is 66.7 Å². The molecule has 2 N–H and O–H groups in total. The van der Waals surface area contributed by atoms with Gasteiger partial charge in [-0.3, -0.25) is 9.59 Å². The molecule has 0 saturated heterocycles.